The molecule has 0 atom stereocenters. The van der Waals surface area contributed by atoms with Crippen molar-refractivity contribution < 1.29 is 4.79 Å². The molecule has 0 unspecified atom stereocenters. The molecule has 0 radical (unpaired) electrons. The van der Waals surface area contributed by atoms with Gasteiger partial charge in [0.15, 0.2) is 0 Å². The molecule has 2 amide bonds. The summed E-state index contributed by atoms with van der Waals surface area (Å²) in [5.41, 5.74) is 2.50. The van der Waals surface area contributed by atoms with Crippen LogP contribution in [-0.4, -0.2) is 30.6 Å². The van der Waals surface area contributed by atoms with Crippen LogP contribution in [0.1, 0.15) is 30.4 Å². The fourth-order valence-corrected chi connectivity index (χ4v) is 2.65. The summed E-state index contributed by atoms with van der Waals surface area (Å²) >= 11 is 0. The fraction of sp³-hybridized carbons (Fsp3) is 0.471. The molecule has 1 aliphatic heterocycles. The number of nitrogens with zero attached hydrogens (tertiary/aromatic N) is 1. The van der Waals surface area contributed by atoms with E-state index in [4.69, 9.17) is 0 Å². The van der Waals surface area contributed by atoms with Gasteiger partial charge in [-0.3, -0.25) is 4.90 Å². The Morgan fingerprint density at radius 2 is 1.86 bits per heavy atom. The number of hydrogen-bond donors (Lipinski definition) is 2. The number of amides is 2. The number of nitrogens with one attached hydrogen (secondary N) is 2. The second-order valence-corrected chi connectivity index (χ2v) is 5.46. The molecule has 1 saturated heterocycles. The number of carbonyl (C=O) groups excluding carboxylic acids is 1. The second-order valence-electron chi connectivity index (χ2n) is 5.46. The summed E-state index contributed by atoms with van der Waals surface area (Å²) < 4.78 is 0. The average Bonchev–Trinajstić information content (AvgIpc) is 2.53. The van der Waals surface area contributed by atoms with Crippen molar-refractivity contribution in [2.45, 2.75) is 32.4 Å². The molecule has 0 spiro atoms. The fourth-order valence-electron chi connectivity index (χ4n) is 2.65. The van der Waals surface area contributed by atoms with Gasteiger partial charge in [0.25, 0.3) is 0 Å². The topological polar surface area (TPSA) is 44.4 Å². The van der Waals surface area contributed by atoms with Crippen LogP contribution in [0.3, 0.4) is 0 Å². The summed E-state index contributed by atoms with van der Waals surface area (Å²) in [6, 6.07) is 8.20. The highest BCUT2D eigenvalue weighted by atomic mass is 16.2. The molecule has 0 bridgehead atoms. The van der Waals surface area contributed by atoms with Gasteiger partial charge in [-0.25, -0.2) is 4.79 Å². The van der Waals surface area contributed by atoms with E-state index in [9.17, 15) is 4.79 Å². The predicted octanol–water partition coefficient (Wildman–Crippen LogP) is 2.66. The van der Waals surface area contributed by atoms with E-state index in [1.807, 2.05) is 6.07 Å². The Morgan fingerprint density at radius 3 is 2.57 bits per heavy atom. The third kappa shape index (κ3) is 5.23. The van der Waals surface area contributed by atoms with Gasteiger partial charge in [0.05, 0.1) is 0 Å². The third-order valence-electron chi connectivity index (χ3n) is 3.81. The van der Waals surface area contributed by atoms with Crippen molar-refractivity contribution in [3.8, 4) is 0 Å². The van der Waals surface area contributed by atoms with E-state index in [1.54, 1.807) is 6.08 Å². The molecular weight excluding hydrogens is 262 g/mol. The molecule has 1 aromatic rings. The molecule has 1 fully saturated rings. The summed E-state index contributed by atoms with van der Waals surface area (Å²) in [6.45, 7) is 7.97. The number of rotatable bonds is 6. The van der Waals surface area contributed by atoms with Crippen LogP contribution in [0.4, 0.5) is 4.79 Å². The standard InChI is InChI=1S/C17H25N3O/c1-2-10-18-17(21)19-13-15-8-4-5-9-16(15)14-20-11-6-3-7-12-20/h2,4-5,8-9H,1,3,6-7,10-14H2,(H2,18,19,21). The number of carbonyl (C=O) groups is 1. The summed E-state index contributed by atoms with van der Waals surface area (Å²) in [6.07, 6.45) is 5.61. The lowest BCUT2D eigenvalue weighted by atomic mass is 10.0. The molecule has 4 nitrogen and oxygen atoms in total. The van der Waals surface area contributed by atoms with Crippen molar-refractivity contribution >= 4 is 6.03 Å². The van der Waals surface area contributed by atoms with Gasteiger partial charge in [0.1, 0.15) is 0 Å². The van der Waals surface area contributed by atoms with E-state index in [0.29, 0.717) is 13.1 Å². The SMILES string of the molecule is C=CCNC(=O)NCc1ccccc1CN1CCCCC1. The summed E-state index contributed by atoms with van der Waals surface area (Å²) in [7, 11) is 0. The predicted molar refractivity (Wildman–Crippen MR) is 86.0 cm³/mol. The Balaban J connectivity index is 1.89. The van der Waals surface area contributed by atoms with Crippen molar-refractivity contribution in [3.63, 3.8) is 0 Å². The van der Waals surface area contributed by atoms with Crippen LogP contribution in [0, 0.1) is 0 Å². The molecule has 1 heterocycles. The number of urea groups is 1. The van der Waals surface area contributed by atoms with Crippen molar-refractivity contribution in [1.29, 1.82) is 0 Å². The minimum atomic E-state index is -0.150. The van der Waals surface area contributed by atoms with E-state index < -0.39 is 0 Å². The van der Waals surface area contributed by atoms with Gasteiger partial charge >= 0.3 is 6.03 Å². The molecule has 0 saturated carbocycles. The van der Waals surface area contributed by atoms with Gasteiger partial charge in [0, 0.05) is 19.6 Å². The summed E-state index contributed by atoms with van der Waals surface area (Å²) in [5, 5.41) is 5.62. The Morgan fingerprint density at radius 1 is 1.14 bits per heavy atom. The van der Waals surface area contributed by atoms with Crippen LogP contribution < -0.4 is 10.6 Å². The number of likely N-dealkylation sites (tertiary alicyclic amines) is 1. The highest BCUT2D eigenvalue weighted by Gasteiger charge is 2.12. The van der Waals surface area contributed by atoms with Crippen LogP contribution in [0.5, 0.6) is 0 Å². The minimum Gasteiger partial charge on any atom is -0.335 e. The van der Waals surface area contributed by atoms with Gasteiger partial charge in [-0.2, -0.15) is 0 Å². The van der Waals surface area contributed by atoms with Crippen LogP contribution in [-0.2, 0) is 13.1 Å². The average molecular weight is 287 g/mol. The highest BCUT2D eigenvalue weighted by Crippen LogP contribution is 2.16. The second kappa shape index (κ2) is 8.47. The van der Waals surface area contributed by atoms with Crippen molar-refractivity contribution in [2.75, 3.05) is 19.6 Å². The minimum absolute atomic E-state index is 0.150. The normalized spacial score (nSPS) is 15.4. The Kier molecular flexibility index (Phi) is 6.28. The molecule has 21 heavy (non-hydrogen) atoms. The van der Waals surface area contributed by atoms with Crippen LogP contribution >= 0.6 is 0 Å². The van der Waals surface area contributed by atoms with Crippen molar-refractivity contribution in [2.24, 2.45) is 0 Å². The third-order valence-corrected chi connectivity index (χ3v) is 3.81. The smallest absolute Gasteiger partial charge is 0.315 e. The zero-order valence-corrected chi connectivity index (χ0v) is 12.6. The Hall–Kier alpha value is -1.81. The lowest BCUT2D eigenvalue weighted by Gasteiger charge is -2.27. The highest BCUT2D eigenvalue weighted by molar-refractivity contribution is 5.73. The zero-order chi connectivity index (χ0) is 14.9. The largest absolute Gasteiger partial charge is 0.335 e. The Bertz CT molecular complexity index is 467. The van der Waals surface area contributed by atoms with Crippen LogP contribution in [0.15, 0.2) is 36.9 Å². The lowest BCUT2D eigenvalue weighted by Crippen LogP contribution is -2.35. The summed E-state index contributed by atoms with van der Waals surface area (Å²) in [5.74, 6) is 0. The molecule has 4 heteroatoms. The van der Waals surface area contributed by atoms with E-state index in [1.165, 1.54) is 43.5 Å². The van der Waals surface area contributed by atoms with Crippen LogP contribution in [0.25, 0.3) is 0 Å². The summed E-state index contributed by atoms with van der Waals surface area (Å²) in [4.78, 5) is 14.1. The maximum Gasteiger partial charge on any atom is 0.315 e. The van der Waals surface area contributed by atoms with E-state index in [2.05, 4.69) is 40.3 Å². The first-order valence-corrected chi connectivity index (χ1v) is 7.71. The quantitative estimate of drug-likeness (QED) is 0.790. The van der Waals surface area contributed by atoms with Crippen LogP contribution in [0.2, 0.25) is 0 Å². The molecule has 0 aromatic heterocycles. The molecule has 2 N–H and O–H groups in total. The number of hydrogen-bond acceptors (Lipinski definition) is 2. The van der Waals surface area contributed by atoms with Gasteiger partial charge in [-0.05, 0) is 37.1 Å². The van der Waals surface area contributed by atoms with Gasteiger partial charge in [-0.1, -0.05) is 36.8 Å². The lowest BCUT2D eigenvalue weighted by molar-refractivity contribution is 0.220. The maximum absolute atomic E-state index is 11.6. The molecule has 2 rings (SSSR count). The Labute approximate surface area is 127 Å². The van der Waals surface area contributed by atoms with Gasteiger partial charge in [-0.15, -0.1) is 6.58 Å². The molecule has 1 aromatic carbocycles. The van der Waals surface area contributed by atoms with Crippen molar-refractivity contribution in [1.82, 2.24) is 15.5 Å². The number of benzene rings is 1. The number of piperidine rings is 1. The first-order valence-electron chi connectivity index (χ1n) is 7.71. The maximum atomic E-state index is 11.6. The zero-order valence-electron chi connectivity index (χ0n) is 12.6. The molecule has 1 aliphatic rings. The molecule has 114 valence electrons. The molecular formula is C17H25N3O. The van der Waals surface area contributed by atoms with Gasteiger partial charge < -0.3 is 10.6 Å². The first-order chi connectivity index (χ1) is 10.3. The van der Waals surface area contributed by atoms with E-state index in [-0.39, 0.29) is 6.03 Å². The van der Waals surface area contributed by atoms with Crippen molar-refractivity contribution in [3.05, 3.63) is 48.0 Å². The monoisotopic (exact) mass is 287 g/mol. The van der Waals surface area contributed by atoms with Gasteiger partial charge in [0.2, 0.25) is 0 Å². The first kappa shape index (κ1) is 15.6. The molecule has 0 aliphatic carbocycles. The van der Waals surface area contributed by atoms with E-state index in [0.717, 1.165) is 6.54 Å². The van der Waals surface area contributed by atoms with E-state index >= 15 is 0 Å².